The monoisotopic (exact) mass is 304 g/mol. The number of amides is 1. The minimum atomic E-state index is -0.507. The Bertz CT molecular complexity index is 545. The van der Waals surface area contributed by atoms with Crippen molar-refractivity contribution in [1.82, 2.24) is 10.3 Å². The molecule has 1 amide bonds. The summed E-state index contributed by atoms with van der Waals surface area (Å²) in [5.74, 6) is 0.557. The number of ketones is 1. The van der Waals surface area contributed by atoms with Crippen LogP contribution in [0.3, 0.4) is 0 Å². The molecule has 0 radical (unpaired) electrons. The van der Waals surface area contributed by atoms with Crippen molar-refractivity contribution in [2.45, 2.75) is 58.0 Å². The Hall–Kier alpha value is -1.91. The molecule has 1 aliphatic rings. The molecule has 0 saturated heterocycles. The third-order valence-electron chi connectivity index (χ3n) is 3.37. The molecule has 1 fully saturated rings. The molecule has 1 heterocycles. The molecule has 5 heteroatoms. The summed E-state index contributed by atoms with van der Waals surface area (Å²) in [7, 11) is 0. The van der Waals surface area contributed by atoms with E-state index in [2.05, 4.69) is 10.3 Å². The molecule has 0 aromatic carbocycles. The number of hydrogen-bond acceptors (Lipinski definition) is 4. The van der Waals surface area contributed by atoms with Crippen molar-refractivity contribution in [3.63, 3.8) is 0 Å². The smallest absolute Gasteiger partial charge is 0.407 e. The number of nitrogens with zero attached hydrogens (tertiary/aromatic N) is 1. The fourth-order valence-corrected chi connectivity index (χ4v) is 2.25. The van der Waals surface area contributed by atoms with Gasteiger partial charge in [-0.1, -0.05) is 6.07 Å². The van der Waals surface area contributed by atoms with Crippen molar-refractivity contribution in [1.29, 1.82) is 0 Å². The number of ether oxygens (including phenoxy) is 1. The molecule has 1 aliphatic carbocycles. The van der Waals surface area contributed by atoms with Crippen LogP contribution in [-0.4, -0.2) is 29.0 Å². The predicted octanol–water partition coefficient (Wildman–Crippen LogP) is 3.45. The van der Waals surface area contributed by atoms with Gasteiger partial charge in [-0.2, -0.15) is 0 Å². The minimum absolute atomic E-state index is 0.0495. The zero-order valence-corrected chi connectivity index (χ0v) is 13.5. The molecule has 1 saturated carbocycles. The lowest BCUT2D eigenvalue weighted by Gasteiger charge is -2.19. The first-order valence-corrected chi connectivity index (χ1v) is 7.82. The molecule has 0 atom stereocenters. The van der Waals surface area contributed by atoms with E-state index < -0.39 is 11.7 Å². The Labute approximate surface area is 131 Å². The van der Waals surface area contributed by atoms with Gasteiger partial charge in [0, 0.05) is 19.2 Å². The van der Waals surface area contributed by atoms with E-state index in [1.807, 2.05) is 32.9 Å². The number of aromatic nitrogens is 1. The van der Waals surface area contributed by atoms with E-state index in [0.29, 0.717) is 31.0 Å². The van der Waals surface area contributed by atoms with Gasteiger partial charge in [-0.05, 0) is 57.6 Å². The zero-order chi connectivity index (χ0) is 16.2. The van der Waals surface area contributed by atoms with E-state index >= 15 is 0 Å². The fourth-order valence-electron chi connectivity index (χ4n) is 2.25. The van der Waals surface area contributed by atoms with Gasteiger partial charge in [0.25, 0.3) is 0 Å². The molecule has 0 unspecified atom stereocenters. The lowest BCUT2D eigenvalue weighted by atomic mass is 10.0. The number of carbonyl (C=O) groups is 2. The normalized spacial score (nSPS) is 14.5. The van der Waals surface area contributed by atoms with Gasteiger partial charge in [-0.25, -0.2) is 4.79 Å². The molecular weight excluding hydrogens is 280 g/mol. The SMILES string of the molecule is CC(C)(C)OC(=O)NCCCC(=O)c1ncccc1C1CC1. The van der Waals surface area contributed by atoms with Crippen LogP contribution in [0.15, 0.2) is 18.3 Å². The Balaban J connectivity index is 1.76. The topological polar surface area (TPSA) is 68.3 Å². The molecule has 1 aromatic heterocycles. The van der Waals surface area contributed by atoms with Crippen LogP contribution < -0.4 is 5.32 Å². The van der Waals surface area contributed by atoms with Crippen molar-refractivity contribution in [3.05, 3.63) is 29.6 Å². The average molecular weight is 304 g/mol. The predicted molar refractivity (Wildman–Crippen MR) is 84.0 cm³/mol. The van der Waals surface area contributed by atoms with E-state index in [-0.39, 0.29) is 5.78 Å². The van der Waals surface area contributed by atoms with Gasteiger partial charge < -0.3 is 10.1 Å². The minimum Gasteiger partial charge on any atom is -0.444 e. The van der Waals surface area contributed by atoms with Gasteiger partial charge in [0.1, 0.15) is 11.3 Å². The van der Waals surface area contributed by atoms with Gasteiger partial charge in [-0.3, -0.25) is 9.78 Å². The summed E-state index contributed by atoms with van der Waals surface area (Å²) in [6.45, 7) is 5.87. The molecule has 2 rings (SSSR count). The van der Waals surface area contributed by atoms with Crippen molar-refractivity contribution < 1.29 is 14.3 Å². The maximum Gasteiger partial charge on any atom is 0.407 e. The second-order valence-corrected chi connectivity index (χ2v) is 6.67. The Morgan fingerprint density at radius 3 is 2.73 bits per heavy atom. The number of alkyl carbamates (subject to hydrolysis) is 1. The van der Waals surface area contributed by atoms with Crippen molar-refractivity contribution >= 4 is 11.9 Å². The van der Waals surface area contributed by atoms with Gasteiger partial charge in [0.15, 0.2) is 5.78 Å². The van der Waals surface area contributed by atoms with Gasteiger partial charge in [-0.15, -0.1) is 0 Å². The Morgan fingerprint density at radius 2 is 2.09 bits per heavy atom. The molecule has 22 heavy (non-hydrogen) atoms. The van der Waals surface area contributed by atoms with Crippen LogP contribution >= 0.6 is 0 Å². The number of nitrogens with one attached hydrogen (secondary N) is 1. The highest BCUT2D eigenvalue weighted by Crippen LogP contribution is 2.41. The van der Waals surface area contributed by atoms with Crippen molar-refractivity contribution in [3.8, 4) is 0 Å². The van der Waals surface area contributed by atoms with Crippen LogP contribution in [0.25, 0.3) is 0 Å². The van der Waals surface area contributed by atoms with E-state index in [4.69, 9.17) is 4.74 Å². The summed E-state index contributed by atoms with van der Waals surface area (Å²) in [5.41, 5.74) is 1.17. The molecule has 1 N–H and O–H groups in total. The number of hydrogen-bond donors (Lipinski definition) is 1. The molecule has 120 valence electrons. The number of rotatable bonds is 6. The molecule has 0 spiro atoms. The van der Waals surface area contributed by atoms with Crippen LogP contribution in [0.1, 0.15) is 68.4 Å². The first kappa shape index (κ1) is 16.5. The quantitative estimate of drug-likeness (QED) is 0.645. The third-order valence-corrected chi connectivity index (χ3v) is 3.37. The van der Waals surface area contributed by atoms with Gasteiger partial charge in [0.05, 0.1) is 0 Å². The average Bonchev–Trinajstić information content (AvgIpc) is 3.26. The fraction of sp³-hybridized carbons (Fsp3) is 0.588. The lowest BCUT2D eigenvalue weighted by molar-refractivity contribution is 0.0525. The third kappa shape index (κ3) is 5.13. The highest BCUT2D eigenvalue weighted by molar-refractivity contribution is 5.95. The van der Waals surface area contributed by atoms with Crippen molar-refractivity contribution in [2.75, 3.05) is 6.54 Å². The first-order chi connectivity index (χ1) is 10.4. The zero-order valence-electron chi connectivity index (χ0n) is 13.5. The highest BCUT2D eigenvalue weighted by Gasteiger charge is 2.28. The van der Waals surface area contributed by atoms with Crippen LogP contribution in [-0.2, 0) is 4.74 Å². The first-order valence-electron chi connectivity index (χ1n) is 7.82. The van der Waals surface area contributed by atoms with Crippen LogP contribution in [0.5, 0.6) is 0 Å². The van der Waals surface area contributed by atoms with Crippen LogP contribution in [0.4, 0.5) is 4.79 Å². The largest absolute Gasteiger partial charge is 0.444 e. The van der Waals surface area contributed by atoms with E-state index in [1.165, 1.54) is 0 Å². The molecule has 0 aliphatic heterocycles. The Kier molecular flexibility index (Phi) is 5.16. The Morgan fingerprint density at radius 1 is 1.36 bits per heavy atom. The van der Waals surface area contributed by atoms with E-state index in [9.17, 15) is 9.59 Å². The maximum atomic E-state index is 12.3. The standard InChI is InChI=1S/C17H24N2O3/c1-17(2,3)22-16(21)19-11-5-7-14(20)15-13(12-8-9-12)6-4-10-18-15/h4,6,10,12H,5,7-9,11H2,1-3H3,(H,19,21). The number of pyridine rings is 1. The summed E-state index contributed by atoms with van der Waals surface area (Å²) in [4.78, 5) is 28.0. The summed E-state index contributed by atoms with van der Waals surface area (Å²) in [6, 6.07) is 3.88. The van der Waals surface area contributed by atoms with Gasteiger partial charge >= 0.3 is 6.09 Å². The number of Topliss-reactive ketones (excluding diaryl/α,β-unsaturated/α-hetero) is 1. The van der Waals surface area contributed by atoms with Crippen LogP contribution in [0, 0.1) is 0 Å². The van der Waals surface area contributed by atoms with Gasteiger partial charge in [0.2, 0.25) is 0 Å². The molecule has 0 bridgehead atoms. The lowest BCUT2D eigenvalue weighted by Crippen LogP contribution is -2.33. The van der Waals surface area contributed by atoms with Crippen molar-refractivity contribution in [2.24, 2.45) is 0 Å². The maximum absolute atomic E-state index is 12.3. The van der Waals surface area contributed by atoms with E-state index in [0.717, 1.165) is 18.4 Å². The molecule has 5 nitrogen and oxygen atoms in total. The summed E-state index contributed by atoms with van der Waals surface area (Å²) < 4.78 is 5.14. The summed E-state index contributed by atoms with van der Waals surface area (Å²) >= 11 is 0. The highest BCUT2D eigenvalue weighted by atomic mass is 16.6. The summed E-state index contributed by atoms with van der Waals surface area (Å²) in [5, 5.41) is 2.66. The summed E-state index contributed by atoms with van der Waals surface area (Å²) in [6.07, 6.45) is 4.47. The number of carbonyl (C=O) groups excluding carboxylic acids is 2. The molecular formula is C17H24N2O3. The molecule has 1 aromatic rings. The second kappa shape index (κ2) is 6.90. The van der Waals surface area contributed by atoms with Crippen LogP contribution in [0.2, 0.25) is 0 Å². The second-order valence-electron chi connectivity index (χ2n) is 6.67. The van der Waals surface area contributed by atoms with E-state index in [1.54, 1.807) is 6.20 Å².